The summed E-state index contributed by atoms with van der Waals surface area (Å²) in [4.78, 5) is 20.9. The van der Waals surface area contributed by atoms with E-state index in [0.717, 1.165) is 13.1 Å². The molecule has 0 spiro atoms. The number of sulfonamides is 1. The number of aliphatic carboxylic acids is 2. The molecule has 1 aromatic rings. The molecule has 1 fully saturated rings. The Bertz CT molecular complexity index is 640. The molecule has 0 unspecified atom stereocenters. The number of benzene rings is 1. The molecule has 2 rings (SSSR count). The van der Waals surface area contributed by atoms with Gasteiger partial charge in [0.05, 0.1) is 4.90 Å². The van der Waals surface area contributed by atoms with Gasteiger partial charge in [0.2, 0.25) is 10.0 Å². The molecule has 1 saturated heterocycles. The maximum atomic E-state index is 12.4. The topological polar surface area (TPSA) is 115 Å². The molecule has 2 N–H and O–H groups in total. The van der Waals surface area contributed by atoms with Crippen LogP contribution in [0.15, 0.2) is 35.2 Å². The summed E-state index contributed by atoms with van der Waals surface area (Å²) in [5.74, 6) is -3.65. The van der Waals surface area contributed by atoms with Crippen LogP contribution in [0.3, 0.4) is 0 Å². The van der Waals surface area contributed by atoms with Crippen LogP contribution in [-0.2, 0) is 19.6 Å². The molecule has 9 heteroatoms. The van der Waals surface area contributed by atoms with E-state index < -0.39 is 22.0 Å². The van der Waals surface area contributed by atoms with Gasteiger partial charge in [-0.3, -0.25) is 4.90 Å². The van der Waals surface area contributed by atoms with Crippen molar-refractivity contribution in [2.45, 2.75) is 24.8 Å². The molecule has 0 atom stereocenters. The highest BCUT2D eigenvalue weighted by Gasteiger charge is 2.28. The summed E-state index contributed by atoms with van der Waals surface area (Å²) in [6, 6.07) is 9.14. The molecule has 0 aliphatic carbocycles. The summed E-state index contributed by atoms with van der Waals surface area (Å²) >= 11 is 0. The van der Waals surface area contributed by atoms with Gasteiger partial charge in [-0.15, -0.1) is 0 Å². The van der Waals surface area contributed by atoms with Gasteiger partial charge in [-0.05, 0) is 26.0 Å². The molecular formula is C15H22N2O6S. The van der Waals surface area contributed by atoms with Crippen LogP contribution in [0.5, 0.6) is 0 Å². The number of hydrogen-bond donors (Lipinski definition) is 2. The molecular weight excluding hydrogens is 336 g/mol. The van der Waals surface area contributed by atoms with Crippen LogP contribution in [0.2, 0.25) is 0 Å². The average Bonchev–Trinajstić information content (AvgIpc) is 2.56. The van der Waals surface area contributed by atoms with Crippen LogP contribution < -0.4 is 0 Å². The minimum Gasteiger partial charge on any atom is -0.473 e. The van der Waals surface area contributed by atoms with Crippen LogP contribution in [0.4, 0.5) is 0 Å². The Morgan fingerprint density at radius 2 is 1.42 bits per heavy atom. The summed E-state index contributed by atoms with van der Waals surface area (Å²) in [6.07, 6.45) is 0. The fraction of sp³-hybridized carbons (Fsp3) is 0.467. The fourth-order valence-corrected chi connectivity index (χ4v) is 3.65. The zero-order valence-electron chi connectivity index (χ0n) is 13.6. The molecule has 1 aliphatic rings. The number of carbonyl (C=O) groups is 2. The van der Waals surface area contributed by atoms with Gasteiger partial charge in [0.25, 0.3) is 0 Å². The number of nitrogens with zero attached hydrogens (tertiary/aromatic N) is 2. The van der Waals surface area contributed by atoms with Gasteiger partial charge < -0.3 is 10.2 Å². The number of piperazine rings is 1. The first-order valence-electron chi connectivity index (χ1n) is 7.41. The summed E-state index contributed by atoms with van der Waals surface area (Å²) in [6.45, 7) is 7.06. The van der Waals surface area contributed by atoms with Crippen molar-refractivity contribution in [3.63, 3.8) is 0 Å². The molecule has 1 aromatic carbocycles. The van der Waals surface area contributed by atoms with Gasteiger partial charge in [0.1, 0.15) is 0 Å². The summed E-state index contributed by atoms with van der Waals surface area (Å²) < 4.78 is 26.3. The maximum absolute atomic E-state index is 12.4. The predicted molar refractivity (Wildman–Crippen MR) is 87.2 cm³/mol. The van der Waals surface area contributed by atoms with Gasteiger partial charge in [-0.2, -0.15) is 4.31 Å². The Morgan fingerprint density at radius 3 is 1.79 bits per heavy atom. The van der Waals surface area contributed by atoms with E-state index in [-0.39, 0.29) is 0 Å². The largest absolute Gasteiger partial charge is 0.473 e. The Labute approximate surface area is 141 Å². The number of hydrogen-bond acceptors (Lipinski definition) is 5. The predicted octanol–water partition coefficient (Wildman–Crippen LogP) is 0.557. The van der Waals surface area contributed by atoms with Crippen LogP contribution in [0, 0.1) is 0 Å². The first kappa shape index (κ1) is 20.1. The highest BCUT2D eigenvalue weighted by molar-refractivity contribution is 7.89. The second kappa shape index (κ2) is 8.76. The van der Waals surface area contributed by atoms with Gasteiger partial charge >= 0.3 is 11.9 Å². The van der Waals surface area contributed by atoms with Crippen LogP contribution in [-0.4, -0.2) is 72.0 Å². The van der Waals surface area contributed by atoms with E-state index in [9.17, 15) is 8.42 Å². The third kappa shape index (κ3) is 5.59. The van der Waals surface area contributed by atoms with E-state index in [2.05, 4.69) is 18.7 Å². The third-order valence-corrected chi connectivity index (χ3v) is 5.48. The second-order valence-corrected chi connectivity index (χ2v) is 7.40. The first-order valence-corrected chi connectivity index (χ1v) is 8.85. The van der Waals surface area contributed by atoms with Crippen molar-refractivity contribution in [1.29, 1.82) is 0 Å². The van der Waals surface area contributed by atoms with Crippen LogP contribution in [0.25, 0.3) is 0 Å². The summed E-state index contributed by atoms with van der Waals surface area (Å²) in [5.41, 5.74) is 0. The van der Waals surface area contributed by atoms with E-state index in [0.29, 0.717) is 24.0 Å². The Morgan fingerprint density at radius 1 is 0.958 bits per heavy atom. The van der Waals surface area contributed by atoms with Crippen molar-refractivity contribution in [3.8, 4) is 0 Å². The SMILES string of the molecule is CC(C)N1CCN(S(=O)(=O)c2ccccc2)CC1.O=C(O)C(=O)O. The summed E-state index contributed by atoms with van der Waals surface area (Å²) in [7, 11) is -3.30. The van der Waals surface area contributed by atoms with Gasteiger partial charge in [-0.25, -0.2) is 18.0 Å². The first-order chi connectivity index (χ1) is 11.2. The monoisotopic (exact) mass is 358 g/mol. The zero-order chi connectivity index (χ0) is 18.3. The lowest BCUT2D eigenvalue weighted by molar-refractivity contribution is -0.159. The Hall–Kier alpha value is -1.97. The van der Waals surface area contributed by atoms with Crippen LogP contribution >= 0.6 is 0 Å². The average molecular weight is 358 g/mol. The molecule has 0 amide bonds. The van der Waals surface area contributed by atoms with E-state index in [1.165, 1.54) is 0 Å². The normalized spacial score (nSPS) is 16.3. The Balaban J connectivity index is 0.000000413. The molecule has 24 heavy (non-hydrogen) atoms. The highest BCUT2D eigenvalue weighted by Crippen LogP contribution is 2.17. The Kier molecular flexibility index (Phi) is 7.33. The van der Waals surface area contributed by atoms with Gasteiger partial charge in [0, 0.05) is 32.2 Å². The second-order valence-electron chi connectivity index (χ2n) is 5.46. The standard InChI is InChI=1S/C13H20N2O2S.C2H2O4/c1-12(2)14-8-10-15(11-9-14)18(16,17)13-6-4-3-5-7-13;3-1(4)2(5)6/h3-7,12H,8-11H2,1-2H3;(H,3,4)(H,5,6). The fourth-order valence-electron chi connectivity index (χ4n) is 2.20. The number of carboxylic acid groups (broad SMARTS) is 2. The van der Waals surface area contributed by atoms with Crippen molar-refractivity contribution >= 4 is 22.0 Å². The molecule has 0 bridgehead atoms. The molecule has 8 nitrogen and oxygen atoms in total. The summed E-state index contributed by atoms with van der Waals surface area (Å²) in [5, 5.41) is 14.8. The third-order valence-electron chi connectivity index (χ3n) is 3.57. The lowest BCUT2D eigenvalue weighted by Crippen LogP contribution is -2.50. The van der Waals surface area contributed by atoms with Crippen LogP contribution in [0.1, 0.15) is 13.8 Å². The molecule has 1 heterocycles. The molecule has 0 radical (unpaired) electrons. The molecule has 1 aliphatic heterocycles. The minimum atomic E-state index is -3.30. The van der Waals surface area contributed by atoms with E-state index in [1.54, 1.807) is 28.6 Å². The van der Waals surface area contributed by atoms with E-state index in [1.807, 2.05) is 6.07 Å². The molecule has 0 aromatic heterocycles. The quantitative estimate of drug-likeness (QED) is 0.758. The van der Waals surface area contributed by atoms with Crippen molar-refractivity contribution < 1.29 is 28.2 Å². The van der Waals surface area contributed by atoms with Gasteiger partial charge in [-0.1, -0.05) is 18.2 Å². The number of rotatable bonds is 3. The number of carboxylic acids is 2. The zero-order valence-corrected chi connectivity index (χ0v) is 14.4. The van der Waals surface area contributed by atoms with Crippen molar-refractivity contribution in [2.24, 2.45) is 0 Å². The van der Waals surface area contributed by atoms with Crippen molar-refractivity contribution in [1.82, 2.24) is 9.21 Å². The maximum Gasteiger partial charge on any atom is 0.414 e. The van der Waals surface area contributed by atoms with Crippen molar-refractivity contribution in [3.05, 3.63) is 30.3 Å². The smallest absolute Gasteiger partial charge is 0.414 e. The highest BCUT2D eigenvalue weighted by atomic mass is 32.2. The van der Waals surface area contributed by atoms with Crippen molar-refractivity contribution in [2.75, 3.05) is 26.2 Å². The van der Waals surface area contributed by atoms with E-state index >= 15 is 0 Å². The lowest BCUT2D eigenvalue weighted by Gasteiger charge is -2.36. The minimum absolute atomic E-state index is 0.392. The lowest BCUT2D eigenvalue weighted by atomic mass is 10.3. The molecule has 134 valence electrons. The van der Waals surface area contributed by atoms with E-state index in [4.69, 9.17) is 19.8 Å². The van der Waals surface area contributed by atoms with Gasteiger partial charge in [0.15, 0.2) is 0 Å². The molecule has 0 saturated carbocycles.